The van der Waals surface area contributed by atoms with Crippen LogP contribution < -0.4 is 10.2 Å². The number of para-hydroxylation sites is 1. The maximum Gasteiger partial charge on any atom is 0.0814 e. The summed E-state index contributed by atoms with van der Waals surface area (Å²) >= 11 is 1.78. The quantitative estimate of drug-likeness (QED) is 0.127. The molecule has 0 saturated carbocycles. The van der Waals surface area contributed by atoms with E-state index >= 15 is 0 Å². The van der Waals surface area contributed by atoms with E-state index in [1.807, 2.05) is 48.8 Å². The summed E-state index contributed by atoms with van der Waals surface area (Å²) in [5.74, 6) is 0.180. The molecule has 0 amide bonds. The first-order chi connectivity index (χ1) is 36.6. The van der Waals surface area contributed by atoms with Crippen LogP contribution in [0.4, 0.5) is 17.1 Å². The van der Waals surface area contributed by atoms with E-state index < -0.39 is 0 Å². The standard InChI is InChI=1S/C68H47N5S/c69-62-33-14-13-28-59(62)66(60-32-17-31-58-57-30-16-29-56(67(57)74-68(58)60)45-18-5-1-6-19-45)71-43-53-35-36-54(44-70-53)72-63-37-34-50(40-61(63)46-20-7-2-8-21-46)48-24-15-25-49(38-48)51-39-52-42-64(47-22-9-3-10-23-47)73(65(52)41-51)55-26-11-4-12-27-55/h1-44,52,69,72H/b66-59-,69-62?,71-43?. The molecule has 5 nitrogen and oxygen atoms in total. The van der Waals surface area contributed by atoms with Crippen molar-refractivity contribution in [3.05, 3.63) is 295 Å². The van der Waals surface area contributed by atoms with Gasteiger partial charge in [0, 0.05) is 59.9 Å². The van der Waals surface area contributed by atoms with Crippen molar-refractivity contribution in [3.8, 4) is 33.4 Å². The predicted octanol–water partition coefficient (Wildman–Crippen LogP) is 17.6. The average Bonchev–Trinajstić information content (AvgIpc) is 4.17. The molecule has 350 valence electrons. The van der Waals surface area contributed by atoms with E-state index in [-0.39, 0.29) is 5.92 Å². The summed E-state index contributed by atoms with van der Waals surface area (Å²) in [7, 11) is 0. The molecule has 0 bridgehead atoms. The second-order valence-corrected chi connectivity index (χ2v) is 19.6. The molecular formula is C68H47N5S. The summed E-state index contributed by atoms with van der Waals surface area (Å²) in [6, 6.07) is 75.0. The number of nitrogens with zero attached hydrogens (tertiary/aromatic N) is 3. The van der Waals surface area contributed by atoms with E-state index in [0.717, 1.165) is 60.8 Å². The van der Waals surface area contributed by atoms with E-state index in [4.69, 9.17) is 15.4 Å². The van der Waals surface area contributed by atoms with Crippen molar-refractivity contribution in [2.24, 2.45) is 10.9 Å². The molecule has 2 aliphatic carbocycles. The van der Waals surface area contributed by atoms with Crippen LogP contribution in [0.5, 0.6) is 0 Å². The van der Waals surface area contributed by atoms with Crippen LogP contribution in [0.1, 0.15) is 22.4 Å². The molecule has 2 aromatic heterocycles. The van der Waals surface area contributed by atoms with E-state index in [1.165, 1.54) is 54.7 Å². The van der Waals surface area contributed by atoms with Crippen LogP contribution in [-0.2, 0) is 0 Å². The number of hydrogen-bond donors (Lipinski definition) is 2. The van der Waals surface area contributed by atoms with Gasteiger partial charge in [-0.15, -0.1) is 11.3 Å². The highest BCUT2D eigenvalue weighted by molar-refractivity contribution is 7.26. The van der Waals surface area contributed by atoms with Crippen molar-refractivity contribution in [1.82, 2.24) is 4.98 Å². The van der Waals surface area contributed by atoms with Gasteiger partial charge in [0.05, 0.1) is 40.9 Å². The fourth-order valence-corrected chi connectivity index (χ4v) is 11.8. The van der Waals surface area contributed by atoms with Crippen molar-refractivity contribution in [2.75, 3.05) is 10.2 Å². The summed E-state index contributed by atoms with van der Waals surface area (Å²) in [6.45, 7) is 0. The van der Waals surface area contributed by atoms with Gasteiger partial charge in [-0.05, 0) is 105 Å². The van der Waals surface area contributed by atoms with Crippen LogP contribution >= 0.6 is 11.3 Å². The van der Waals surface area contributed by atoms with Crippen molar-refractivity contribution in [1.29, 1.82) is 5.41 Å². The predicted molar refractivity (Wildman–Crippen MR) is 313 cm³/mol. The fraction of sp³-hybridized carbons (Fsp3) is 0.0147. The zero-order chi connectivity index (χ0) is 49.4. The first-order valence-corrected chi connectivity index (χ1v) is 25.7. The number of rotatable bonds is 11. The van der Waals surface area contributed by atoms with E-state index in [1.54, 1.807) is 11.3 Å². The molecule has 74 heavy (non-hydrogen) atoms. The highest BCUT2D eigenvalue weighted by Gasteiger charge is 2.33. The smallest absolute Gasteiger partial charge is 0.0814 e. The minimum absolute atomic E-state index is 0.180. The van der Waals surface area contributed by atoms with E-state index in [9.17, 15) is 0 Å². The molecule has 6 heteroatoms. The Balaban J connectivity index is 0.792. The summed E-state index contributed by atoms with van der Waals surface area (Å²) < 4.78 is 2.37. The lowest BCUT2D eigenvalue weighted by Crippen LogP contribution is -2.17. The Labute approximate surface area is 434 Å². The van der Waals surface area contributed by atoms with Crippen LogP contribution in [0.2, 0.25) is 0 Å². The monoisotopic (exact) mass is 965 g/mol. The minimum atomic E-state index is 0.180. The minimum Gasteiger partial charge on any atom is -0.354 e. The number of anilines is 3. The number of allylic oxidation sites excluding steroid dienone is 8. The van der Waals surface area contributed by atoms with Gasteiger partial charge in [0.25, 0.3) is 0 Å². The molecular weight excluding hydrogens is 919 g/mol. The first kappa shape index (κ1) is 44.5. The molecule has 10 aromatic rings. The van der Waals surface area contributed by atoms with E-state index in [2.05, 4.69) is 229 Å². The zero-order valence-corrected chi connectivity index (χ0v) is 41.0. The Kier molecular flexibility index (Phi) is 11.6. The Morgan fingerprint density at radius 1 is 0.568 bits per heavy atom. The highest BCUT2D eigenvalue weighted by atomic mass is 32.1. The molecule has 8 aromatic carbocycles. The second-order valence-electron chi connectivity index (χ2n) is 18.6. The highest BCUT2D eigenvalue weighted by Crippen LogP contribution is 2.47. The number of aliphatic imine (C=N–C) groups is 1. The molecule has 1 aliphatic heterocycles. The molecule has 3 aliphatic rings. The third-order valence-electron chi connectivity index (χ3n) is 14.0. The third-order valence-corrected chi connectivity index (χ3v) is 15.3. The summed E-state index contributed by atoms with van der Waals surface area (Å²) in [4.78, 5) is 12.5. The molecule has 1 unspecified atom stereocenters. The first-order valence-electron chi connectivity index (χ1n) is 24.9. The Bertz CT molecular complexity index is 4030. The SMILES string of the molecule is N=C1C=CC=C/C1=C(/N=Cc1ccc(Nc2ccc(-c3cccc(C4=CC5C=C(c6ccccc6)N(c6ccccc6)C5=C4)c3)cc2-c2ccccc2)cn1)c1cccc2c1sc1c(-c3ccccc3)cccc12. The lowest BCUT2D eigenvalue weighted by molar-refractivity contribution is 0.997. The molecule has 1 atom stereocenters. The molecule has 0 spiro atoms. The van der Waals surface area contributed by atoms with Gasteiger partial charge in [0.15, 0.2) is 0 Å². The molecule has 3 heterocycles. The topological polar surface area (TPSA) is 64.4 Å². The van der Waals surface area contributed by atoms with Gasteiger partial charge >= 0.3 is 0 Å². The number of hydrogen-bond acceptors (Lipinski definition) is 6. The fourth-order valence-electron chi connectivity index (χ4n) is 10.4. The number of aromatic nitrogens is 1. The van der Waals surface area contributed by atoms with Crippen molar-refractivity contribution in [2.45, 2.75) is 0 Å². The summed E-state index contributed by atoms with van der Waals surface area (Å²) in [6.07, 6.45) is 18.5. The zero-order valence-electron chi connectivity index (χ0n) is 40.2. The van der Waals surface area contributed by atoms with Crippen LogP contribution in [-0.4, -0.2) is 16.9 Å². The number of thiophene rings is 1. The number of pyridine rings is 1. The Morgan fingerprint density at radius 2 is 1.22 bits per heavy atom. The third kappa shape index (κ3) is 8.43. The van der Waals surface area contributed by atoms with Crippen LogP contribution in [0.25, 0.3) is 70.5 Å². The average molecular weight is 966 g/mol. The molecule has 0 radical (unpaired) electrons. The maximum atomic E-state index is 8.98. The molecule has 0 fully saturated rings. The van der Waals surface area contributed by atoms with Crippen LogP contribution in [0.3, 0.4) is 0 Å². The molecule has 0 saturated heterocycles. The Hall–Kier alpha value is -9.49. The van der Waals surface area contributed by atoms with Gasteiger partial charge < -0.3 is 15.6 Å². The molecule has 2 N–H and O–H groups in total. The summed E-state index contributed by atoms with van der Waals surface area (Å²) in [5, 5.41) is 15.1. The van der Waals surface area contributed by atoms with Crippen molar-refractivity contribution in [3.63, 3.8) is 0 Å². The van der Waals surface area contributed by atoms with Gasteiger partial charge in [-0.25, -0.2) is 0 Å². The van der Waals surface area contributed by atoms with Gasteiger partial charge in [-0.3, -0.25) is 9.98 Å². The van der Waals surface area contributed by atoms with Gasteiger partial charge in [0.1, 0.15) is 0 Å². The maximum absolute atomic E-state index is 8.98. The van der Waals surface area contributed by atoms with Gasteiger partial charge in [-0.2, -0.15) is 0 Å². The second kappa shape index (κ2) is 19.3. The number of fused-ring (bicyclic) bond motifs is 4. The largest absolute Gasteiger partial charge is 0.354 e. The van der Waals surface area contributed by atoms with Crippen molar-refractivity contribution < 1.29 is 0 Å². The van der Waals surface area contributed by atoms with E-state index in [0.29, 0.717) is 11.4 Å². The van der Waals surface area contributed by atoms with Gasteiger partial charge in [0.2, 0.25) is 0 Å². The lowest BCUT2D eigenvalue weighted by atomic mass is 9.95. The van der Waals surface area contributed by atoms with Gasteiger partial charge in [-0.1, -0.05) is 194 Å². The van der Waals surface area contributed by atoms with Crippen LogP contribution in [0, 0.1) is 11.3 Å². The summed E-state index contributed by atoms with van der Waals surface area (Å²) in [5.41, 5.74) is 19.6. The van der Waals surface area contributed by atoms with Crippen molar-refractivity contribution >= 4 is 77.5 Å². The molecule has 13 rings (SSSR count). The number of benzene rings is 8. The Morgan fingerprint density at radius 3 is 1.96 bits per heavy atom. The normalized spacial score (nSPS) is 15.7. The lowest BCUT2D eigenvalue weighted by Gasteiger charge is -2.25. The van der Waals surface area contributed by atoms with Crippen LogP contribution in [0.15, 0.2) is 277 Å². The number of nitrogens with one attached hydrogen (secondary N) is 2.